The summed E-state index contributed by atoms with van der Waals surface area (Å²) in [5.74, 6) is 0. The lowest BCUT2D eigenvalue weighted by atomic mass is 10.1. The number of likely N-dealkylation sites (N-methyl/N-ethyl adjacent to an activating group) is 1. The lowest BCUT2D eigenvalue weighted by Gasteiger charge is -2.22. The maximum atomic E-state index is 10.6. The minimum Gasteiger partial charge on any atom is -0.387 e. The second-order valence-electron chi connectivity index (χ2n) is 4.58. The van der Waals surface area contributed by atoms with Gasteiger partial charge in [0, 0.05) is 31.4 Å². The number of nitro groups is 1. The molecule has 0 heterocycles. The van der Waals surface area contributed by atoms with Gasteiger partial charge in [-0.2, -0.15) is 0 Å². The van der Waals surface area contributed by atoms with E-state index in [1.54, 1.807) is 12.1 Å². The number of rotatable bonds is 5. The number of anilines is 1. The number of benzene rings is 2. The summed E-state index contributed by atoms with van der Waals surface area (Å²) < 4.78 is 0. The highest BCUT2D eigenvalue weighted by molar-refractivity contribution is 5.45. The molecule has 5 nitrogen and oxygen atoms in total. The Bertz CT molecular complexity index is 569. The predicted molar refractivity (Wildman–Crippen MR) is 77.8 cm³/mol. The standard InChI is InChI=1S/C15H16N2O3/c1-16(13-5-3-2-4-6-13)11-15(18)12-7-9-14(10-8-12)17(19)20/h2-10,15,18H,11H2,1H3. The molecule has 0 aliphatic rings. The summed E-state index contributed by atoms with van der Waals surface area (Å²) in [7, 11) is 1.89. The Labute approximate surface area is 117 Å². The van der Waals surface area contributed by atoms with Gasteiger partial charge >= 0.3 is 0 Å². The van der Waals surface area contributed by atoms with Crippen molar-refractivity contribution >= 4 is 11.4 Å². The van der Waals surface area contributed by atoms with E-state index >= 15 is 0 Å². The minimum atomic E-state index is -0.694. The Morgan fingerprint density at radius 2 is 1.75 bits per heavy atom. The molecule has 0 bridgehead atoms. The number of hydrogen-bond donors (Lipinski definition) is 1. The number of aliphatic hydroxyl groups is 1. The molecule has 104 valence electrons. The van der Waals surface area contributed by atoms with Crippen molar-refractivity contribution in [3.8, 4) is 0 Å². The van der Waals surface area contributed by atoms with E-state index in [1.807, 2.05) is 42.3 Å². The molecule has 0 aliphatic heterocycles. The molecule has 5 heteroatoms. The van der Waals surface area contributed by atoms with Gasteiger partial charge in [0.15, 0.2) is 0 Å². The maximum absolute atomic E-state index is 10.6. The molecular weight excluding hydrogens is 256 g/mol. The van der Waals surface area contributed by atoms with Crippen LogP contribution < -0.4 is 4.90 Å². The summed E-state index contributed by atoms with van der Waals surface area (Å²) >= 11 is 0. The summed E-state index contributed by atoms with van der Waals surface area (Å²) in [6, 6.07) is 15.7. The van der Waals surface area contributed by atoms with Gasteiger partial charge in [-0.15, -0.1) is 0 Å². The van der Waals surface area contributed by atoms with E-state index < -0.39 is 11.0 Å². The van der Waals surface area contributed by atoms with Crippen molar-refractivity contribution in [2.75, 3.05) is 18.5 Å². The normalized spacial score (nSPS) is 11.9. The Morgan fingerprint density at radius 1 is 1.15 bits per heavy atom. The van der Waals surface area contributed by atoms with Crippen molar-refractivity contribution in [3.63, 3.8) is 0 Å². The Kier molecular flexibility index (Phi) is 4.32. The highest BCUT2D eigenvalue weighted by Gasteiger charge is 2.13. The fourth-order valence-electron chi connectivity index (χ4n) is 1.97. The Morgan fingerprint density at radius 3 is 2.30 bits per heavy atom. The summed E-state index contributed by atoms with van der Waals surface area (Å²) in [6.45, 7) is 0.418. The smallest absolute Gasteiger partial charge is 0.269 e. The Hall–Kier alpha value is -2.40. The molecule has 2 aromatic carbocycles. The molecular formula is C15H16N2O3. The first kappa shape index (κ1) is 14.0. The van der Waals surface area contributed by atoms with Crippen molar-refractivity contribution in [2.24, 2.45) is 0 Å². The molecule has 20 heavy (non-hydrogen) atoms. The van der Waals surface area contributed by atoms with Crippen LogP contribution in [0, 0.1) is 10.1 Å². The van der Waals surface area contributed by atoms with Crippen molar-refractivity contribution in [2.45, 2.75) is 6.10 Å². The molecule has 1 N–H and O–H groups in total. The molecule has 1 unspecified atom stereocenters. The number of aliphatic hydroxyl groups excluding tert-OH is 1. The average molecular weight is 272 g/mol. The average Bonchev–Trinajstić information content (AvgIpc) is 2.48. The molecule has 0 spiro atoms. The maximum Gasteiger partial charge on any atom is 0.269 e. The van der Waals surface area contributed by atoms with Gasteiger partial charge in [-0.1, -0.05) is 18.2 Å². The third-order valence-corrected chi connectivity index (χ3v) is 3.13. The number of hydrogen-bond acceptors (Lipinski definition) is 4. The van der Waals surface area contributed by atoms with Gasteiger partial charge in [-0.25, -0.2) is 0 Å². The van der Waals surface area contributed by atoms with Crippen LogP contribution in [0.1, 0.15) is 11.7 Å². The van der Waals surface area contributed by atoms with Crippen LogP contribution in [-0.2, 0) is 0 Å². The summed E-state index contributed by atoms with van der Waals surface area (Å²) in [5, 5.41) is 20.7. The molecule has 2 aromatic rings. The van der Waals surface area contributed by atoms with E-state index in [4.69, 9.17) is 0 Å². The summed E-state index contributed by atoms with van der Waals surface area (Å²) in [4.78, 5) is 12.1. The van der Waals surface area contributed by atoms with Crippen LogP contribution in [-0.4, -0.2) is 23.6 Å². The van der Waals surface area contributed by atoms with Crippen LogP contribution in [0.5, 0.6) is 0 Å². The van der Waals surface area contributed by atoms with E-state index in [0.717, 1.165) is 5.69 Å². The van der Waals surface area contributed by atoms with Crippen LogP contribution in [0.15, 0.2) is 54.6 Å². The first-order valence-corrected chi connectivity index (χ1v) is 6.26. The van der Waals surface area contributed by atoms with E-state index in [0.29, 0.717) is 12.1 Å². The quantitative estimate of drug-likeness (QED) is 0.671. The first-order chi connectivity index (χ1) is 9.58. The van der Waals surface area contributed by atoms with Gasteiger partial charge in [0.05, 0.1) is 11.0 Å². The number of nitrogens with zero attached hydrogens (tertiary/aromatic N) is 2. The summed E-state index contributed by atoms with van der Waals surface area (Å²) in [5.41, 5.74) is 1.70. The third kappa shape index (κ3) is 3.33. The number of para-hydroxylation sites is 1. The molecule has 0 amide bonds. The zero-order chi connectivity index (χ0) is 14.5. The van der Waals surface area contributed by atoms with E-state index in [9.17, 15) is 15.2 Å². The van der Waals surface area contributed by atoms with Crippen molar-refractivity contribution in [1.82, 2.24) is 0 Å². The molecule has 2 rings (SSSR count). The van der Waals surface area contributed by atoms with Crippen LogP contribution >= 0.6 is 0 Å². The number of nitro benzene ring substituents is 1. The summed E-state index contributed by atoms with van der Waals surface area (Å²) in [6.07, 6.45) is -0.694. The van der Waals surface area contributed by atoms with E-state index in [1.165, 1.54) is 12.1 Å². The molecule has 0 aliphatic carbocycles. The van der Waals surface area contributed by atoms with Crippen molar-refractivity contribution in [3.05, 3.63) is 70.3 Å². The lowest BCUT2D eigenvalue weighted by molar-refractivity contribution is -0.384. The monoisotopic (exact) mass is 272 g/mol. The minimum absolute atomic E-state index is 0.0253. The molecule has 0 saturated heterocycles. The van der Waals surface area contributed by atoms with Gasteiger partial charge in [-0.3, -0.25) is 10.1 Å². The van der Waals surface area contributed by atoms with E-state index in [2.05, 4.69) is 0 Å². The molecule has 0 radical (unpaired) electrons. The molecule has 0 aromatic heterocycles. The molecule has 0 saturated carbocycles. The van der Waals surface area contributed by atoms with Crippen LogP contribution in [0.2, 0.25) is 0 Å². The second kappa shape index (κ2) is 6.16. The van der Waals surface area contributed by atoms with Crippen molar-refractivity contribution < 1.29 is 10.0 Å². The highest BCUT2D eigenvalue weighted by Crippen LogP contribution is 2.20. The fourth-order valence-corrected chi connectivity index (χ4v) is 1.97. The number of non-ortho nitro benzene ring substituents is 1. The third-order valence-electron chi connectivity index (χ3n) is 3.13. The van der Waals surface area contributed by atoms with Gasteiger partial charge in [0.25, 0.3) is 5.69 Å². The van der Waals surface area contributed by atoms with Crippen molar-refractivity contribution in [1.29, 1.82) is 0 Å². The lowest BCUT2D eigenvalue weighted by Crippen LogP contribution is -2.24. The first-order valence-electron chi connectivity index (χ1n) is 6.26. The van der Waals surface area contributed by atoms with Gasteiger partial charge < -0.3 is 10.0 Å². The fraction of sp³-hybridized carbons (Fsp3) is 0.200. The predicted octanol–water partition coefficient (Wildman–Crippen LogP) is 2.76. The zero-order valence-corrected chi connectivity index (χ0v) is 11.1. The second-order valence-corrected chi connectivity index (χ2v) is 4.58. The van der Waals surface area contributed by atoms with Crippen LogP contribution in [0.4, 0.5) is 11.4 Å². The topological polar surface area (TPSA) is 66.6 Å². The molecule has 1 atom stereocenters. The van der Waals surface area contributed by atoms with Gasteiger partial charge in [0.1, 0.15) is 0 Å². The Balaban J connectivity index is 2.04. The van der Waals surface area contributed by atoms with Gasteiger partial charge in [-0.05, 0) is 29.8 Å². The van der Waals surface area contributed by atoms with Crippen LogP contribution in [0.3, 0.4) is 0 Å². The van der Waals surface area contributed by atoms with Gasteiger partial charge in [0.2, 0.25) is 0 Å². The SMILES string of the molecule is CN(CC(O)c1ccc([N+](=O)[O-])cc1)c1ccccc1. The zero-order valence-electron chi connectivity index (χ0n) is 11.1. The highest BCUT2D eigenvalue weighted by atomic mass is 16.6. The largest absolute Gasteiger partial charge is 0.387 e. The van der Waals surface area contributed by atoms with E-state index in [-0.39, 0.29) is 5.69 Å². The molecule has 0 fully saturated rings. The van der Waals surface area contributed by atoms with Crippen LogP contribution in [0.25, 0.3) is 0 Å².